The molecule has 1 amide bonds. The van der Waals surface area contributed by atoms with Crippen LogP contribution in [0.25, 0.3) is 0 Å². The first-order valence-electron chi connectivity index (χ1n) is 19.6. The summed E-state index contributed by atoms with van der Waals surface area (Å²) in [5, 5.41) is 38.5. The Morgan fingerprint density at radius 2 is 2.04 bits per heavy atom. The van der Waals surface area contributed by atoms with Crippen molar-refractivity contribution in [2.24, 2.45) is 28.9 Å². The van der Waals surface area contributed by atoms with Crippen molar-refractivity contribution in [2.75, 3.05) is 19.8 Å². The van der Waals surface area contributed by atoms with Gasteiger partial charge in [0, 0.05) is 30.8 Å². The fourth-order valence-corrected chi connectivity index (χ4v) is 10.4. The number of carbonyl (C=O) groups is 2. The van der Waals surface area contributed by atoms with E-state index in [-0.39, 0.29) is 55.5 Å². The van der Waals surface area contributed by atoms with Crippen LogP contribution in [-0.2, 0) is 27.2 Å². The molecule has 3 aliphatic carbocycles. The Kier molecular flexibility index (Phi) is 12.4. The molecule has 5 aliphatic rings. The second-order valence-corrected chi connectivity index (χ2v) is 16.1. The monoisotopic (exact) mass is 722 g/mol. The summed E-state index contributed by atoms with van der Waals surface area (Å²) >= 11 is 0. The zero-order chi connectivity index (χ0) is 37.8. The second-order valence-electron chi connectivity index (χ2n) is 16.1. The van der Waals surface area contributed by atoms with Crippen LogP contribution in [0.2, 0.25) is 0 Å². The summed E-state index contributed by atoms with van der Waals surface area (Å²) in [5.74, 6) is 5.76. The van der Waals surface area contributed by atoms with Crippen molar-refractivity contribution >= 4 is 11.7 Å². The van der Waals surface area contributed by atoms with E-state index in [1.54, 1.807) is 0 Å². The Morgan fingerprint density at radius 1 is 1.21 bits per heavy atom. The first-order valence-corrected chi connectivity index (χ1v) is 19.6. The number of nitrogens with two attached hydrogens (primary N) is 1. The Morgan fingerprint density at radius 3 is 2.85 bits per heavy atom. The summed E-state index contributed by atoms with van der Waals surface area (Å²) < 4.78 is 6.16. The molecule has 6 rings (SSSR count). The molecule has 0 unspecified atom stereocenters. The minimum atomic E-state index is -1.12. The number of hydrogen-bond acceptors (Lipinski definition) is 7. The third kappa shape index (κ3) is 7.97. The van der Waals surface area contributed by atoms with Crippen molar-refractivity contribution in [1.29, 1.82) is 0 Å². The Bertz CT molecular complexity index is 1780. The standard InChI is InChI=1S/C45H58N2O6/c1-29-11-4-5-24-53-28-34(16-7-14-30(2)13-6-12-29)41-33-17-9-21-44(52)22-20-35(38(19-10-23-48)45(44,27-33)42(41)51)31(3)39(49)25-32-15-8-18-36-37(32)26-40(50)47-43(36)46/h7-8,12,14-16,18,33,38,41-43,48,51-52H,2,6,9-11,13,17,19-28,46H2,1,3H3,(H,47,50)/b14-7+,29-12+,34-16-,35-31+/t33-,38-,41-,42-,43-,44-,45-/m1/s1. The molecule has 53 heavy (non-hydrogen) atoms. The van der Waals surface area contributed by atoms with Gasteiger partial charge in [0.1, 0.15) is 12.8 Å². The van der Waals surface area contributed by atoms with Crippen LogP contribution in [0.15, 0.2) is 76.9 Å². The van der Waals surface area contributed by atoms with E-state index in [9.17, 15) is 24.9 Å². The highest BCUT2D eigenvalue weighted by atomic mass is 16.5. The highest BCUT2D eigenvalue weighted by Gasteiger charge is 2.68. The van der Waals surface area contributed by atoms with Crippen molar-refractivity contribution < 1.29 is 29.6 Å². The minimum absolute atomic E-state index is 0.0174. The minimum Gasteiger partial charge on any atom is -0.396 e. The maximum Gasteiger partial charge on any atom is 0.225 e. The molecule has 8 nitrogen and oxygen atoms in total. The predicted octanol–water partition coefficient (Wildman–Crippen LogP) is 6.01. The van der Waals surface area contributed by atoms with Crippen molar-refractivity contribution in [3.05, 3.63) is 93.6 Å². The number of nitrogens with one attached hydrogen (secondary N) is 1. The van der Waals surface area contributed by atoms with Gasteiger partial charge >= 0.3 is 0 Å². The SMILES string of the molecule is C=C1/C=C/C=C(\[C@H]2[C@@H]3CCC[C@@]4(O)CC/C(=C(/C)C(=O)Cc5cccc6c5CC(=O)N[C@H]6N)[C@@H](CCCO)[C@]4(C3)[C@@H]2O)COCC#CC/C(C)=C/CC1. The van der Waals surface area contributed by atoms with Crippen LogP contribution in [0.1, 0.15) is 107 Å². The molecule has 3 saturated carbocycles. The molecular formula is C45H58N2O6. The highest BCUT2D eigenvalue weighted by molar-refractivity contribution is 5.97. The van der Waals surface area contributed by atoms with E-state index in [0.29, 0.717) is 57.1 Å². The summed E-state index contributed by atoms with van der Waals surface area (Å²) in [6, 6.07) is 5.68. The first kappa shape index (κ1) is 39.1. The molecular weight excluding hydrogens is 665 g/mol. The van der Waals surface area contributed by atoms with Gasteiger partial charge in [-0.25, -0.2) is 0 Å². The topological polar surface area (TPSA) is 142 Å². The first-order chi connectivity index (χ1) is 25.5. The van der Waals surface area contributed by atoms with Crippen LogP contribution in [0.3, 0.4) is 0 Å². The summed E-state index contributed by atoms with van der Waals surface area (Å²) in [4.78, 5) is 26.7. The van der Waals surface area contributed by atoms with E-state index in [4.69, 9.17) is 10.5 Å². The summed E-state index contributed by atoms with van der Waals surface area (Å²) in [6.07, 6.45) is 14.7. The van der Waals surface area contributed by atoms with Crippen molar-refractivity contribution in [1.82, 2.24) is 5.32 Å². The van der Waals surface area contributed by atoms with Gasteiger partial charge in [-0.1, -0.05) is 84.1 Å². The largest absolute Gasteiger partial charge is 0.396 e. The average molecular weight is 723 g/mol. The summed E-state index contributed by atoms with van der Waals surface area (Å²) in [5.41, 5.74) is 11.5. The number of aliphatic hydroxyl groups excluding tert-OH is 2. The number of aliphatic hydroxyl groups is 3. The van der Waals surface area contributed by atoms with Crippen LogP contribution >= 0.6 is 0 Å². The molecule has 6 N–H and O–H groups in total. The predicted molar refractivity (Wildman–Crippen MR) is 207 cm³/mol. The van der Waals surface area contributed by atoms with Crippen LogP contribution < -0.4 is 11.1 Å². The second kappa shape index (κ2) is 16.8. The lowest BCUT2D eigenvalue weighted by Gasteiger charge is -2.57. The van der Waals surface area contributed by atoms with Gasteiger partial charge in [0.05, 0.1) is 24.7 Å². The summed E-state index contributed by atoms with van der Waals surface area (Å²) in [7, 11) is 0. The molecule has 2 aliphatic heterocycles. The number of fused-ring (bicyclic) bond motifs is 2. The number of ketones is 1. The van der Waals surface area contributed by atoms with Crippen molar-refractivity contribution in [2.45, 2.75) is 115 Å². The molecule has 1 aromatic rings. The molecule has 2 heterocycles. The van der Waals surface area contributed by atoms with Crippen LogP contribution in [0, 0.1) is 35.0 Å². The lowest BCUT2D eigenvalue weighted by atomic mass is 9.51. The maximum atomic E-state index is 14.3. The smallest absolute Gasteiger partial charge is 0.225 e. The number of hydrogen-bond donors (Lipinski definition) is 5. The van der Waals surface area contributed by atoms with Gasteiger partial charge in [-0.2, -0.15) is 0 Å². The van der Waals surface area contributed by atoms with E-state index in [2.05, 4.69) is 42.8 Å². The molecule has 7 atom stereocenters. The third-order valence-electron chi connectivity index (χ3n) is 13.0. The Hall–Kier alpha value is -3.58. The van der Waals surface area contributed by atoms with Gasteiger partial charge in [-0.15, -0.1) is 0 Å². The molecule has 8 heteroatoms. The van der Waals surface area contributed by atoms with E-state index >= 15 is 0 Å². The fraction of sp³-hybridized carbons (Fsp3) is 0.556. The van der Waals surface area contributed by atoms with E-state index in [0.717, 1.165) is 59.1 Å². The van der Waals surface area contributed by atoms with Gasteiger partial charge in [-0.05, 0) is 111 Å². The number of benzene rings is 1. The molecule has 0 saturated heterocycles. The molecule has 3 fully saturated rings. The maximum absolute atomic E-state index is 14.3. The molecule has 1 aromatic carbocycles. The normalized spacial score (nSPS) is 35.6. The lowest BCUT2D eigenvalue weighted by Crippen LogP contribution is -2.61. The Balaban J connectivity index is 1.36. The van der Waals surface area contributed by atoms with Gasteiger partial charge < -0.3 is 31.1 Å². The van der Waals surface area contributed by atoms with Crippen molar-refractivity contribution in [3.8, 4) is 11.8 Å². The third-order valence-corrected chi connectivity index (χ3v) is 13.0. The zero-order valence-electron chi connectivity index (χ0n) is 31.6. The number of amides is 1. The number of carbonyl (C=O) groups excluding carboxylic acids is 2. The lowest BCUT2D eigenvalue weighted by molar-refractivity contribution is -0.181. The van der Waals surface area contributed by atoms with Gasteiger partial charge in [-0.3, -0.25) is 9.59 Å². The van der Waals surface area contributed by atoms with Crippen LogP contribution in [0.4, 0.5) is 0 Å². The molecule has 2 bridgehead atoms. The van der Waals surface area contributed by atoms with Gasteiger partial charge in [0.25, 0.3) is 0 Å². The van der Waals surface area contributed by atoms with Crippen LogP contribution in [0.5, 0.6) is 0 Å². The summed E-state index contributed by atoms with van der Waals surface area (Å²) in [6.45, 7) is 8.83. The Labute approximate surface area is 315 Å². The van der Waals surface area contributed by atoms with E-state index in [1.807, 2.05) is 37.3 Å². The number of rotatable bonds is 7. The zero-order valence-corrected chi connectivity index (χ0v) is 31.6. The van der Waals surface area contributed by atoms with Gasteiger partial charge in [0.2, 0.25) is 5.91 Å². The number of allylic oxidation sites excluding steroid dienone is 8. The molecule has 284 valence electrons. The van der Waals surface area contributed by atoms with Crippen molar-refractivity contribution in [3.63, 3.8) is 0 Å². The molecule has 0 radical (unpaired) electrons. The van der Waals surface area contributed by atoms with Crippen LogP contribution in [-0.4, -0.2) is 58.5 Å². The fourth-order valence-electron chi connectivity index (χ4n) is 10.4. The molecule has 1 spiro atoms. The number of ether oxygens (including phenoxy) is 1. The van der Waals surface area contributed by atoms with E-state index < -0.39 is 23.3 Å². The van der Waals surface area contributed by atoms with E-state index in [1.165, 1.54) is 5.57 Å². The number of Topliss-reactive ketones (excluding diaryl/α,β-unsaturated/α-hetero) is 1. The highest BCUT2D eigenvalue weighted by Crippen LogP contribution is 2.67. The molecule has 0 aromatic heterocycles. The van der Waals surface area contributed by atoms with Gasteiger partial charge in [0.15, 0.2) is 5.78 Å². The quantitative estimate of drug-likeness (QED) is 0.132. The average Bonchev–Trinajstić information content (AvgIpc) is 3.30.